The number of benzene rings is 1. The number of carbonyl (C=O) groups excluding carboxylic acids is 2. The summed E-state index contributed by atoms with van der Waals surface area (Å²) >= 11 is 1.64. The predicted octanol–water partition coefficient (Wildman–Crippen LogP) is 4.20. The van der Waals surface area contributed by atoms with Gasteiger partial charge in [0.05, 0.1) is 17.1 Å². The summed E-state index contributed by atoms with van der Waals surface area (Å²) in [6.07, 6.45) is 6.03. The maximum atomic E-state index is 12.8. The summed E-state index contributed by atoms with van der Waals surface area (Å²) in [5.74, 6) is 0.0252. The van der Waals surface area contributed by atoms with Crippen LogP contribution in [-0.4, -0.2) is 42.0 Å². The van der Waals surface area contributed by atoms with E-state index in [0.717, 1.165) is 23.3 Å². The van der Waals surface area contributed by atoms with Crippen LogP contribution in [0.2, 0.25) is 0 Å². The number of hydrogen-bond acceptors (Lipinski definition) is 4. The Kier molecular flexibility index (Phi) is 6.54. The lowest BCUT2D eigenvalue weighted by Crippen LogP contribution is -2.48. The molecule has 4 rings (SSSR count). The van der Waals surface area contributed by atoms with Gasteiger partial charge in [-0.05, 0) is 68.9 Å². The van der Waals surface area contributed by atoms with E-state index in [0.29, 0.717) is 25.2 Å². The highest BCUT2D eigenvalue weighted by molar-refractivity contribution is 7.14. The van der Waals surface area contributed by atoms with Gasteiger partial charge in [0, 0.05) is 30.1 Å². The molecule has 1 aliphatic heterocycles. The quantitative estimate of drug-likeness (QED) is 0.746. The van der Waals surface area contributed by atoms with Crippen LogP contribution in [0.15, 0.2) is 30.3 Å². The Morgan fingerprint density at radius 3 is 2.50 bits per heavy atom. The fourth-order valence-electron chi connectivity index (χ4n) is 4.34. The highest BCUT2D eigenvalue weighted by Crippen LogP contribution is 2.29. The van der Waals surface area contributed by atoms with Gasteiger partial charge in [-0.15, -0.1) is 11.3 Å². The summed E-state index contributed by atoms with van der Waals surface area (Å²) in [4.78, 5) is 29.4. The van der Waals surface area contributed by atoms with Gasteiger partial charge in [-0.1, -0.05) is 18.6 Å². The third-order valence-electron chi connectivity index (χ3n) is 5.83. The third kappa shape index (κ3) is 4.93. The lowest BCUT2D eigenvalue weighted by atomic mass is 10.1. The number of thiophene rings is 1. The molecule has 160 valence electrons. The molecule has 1 aromatic carbocycles. The number of nitrogens with one attached hydrogen (secondary N) is 1. The van der Waals surface area contributed by atoms with Gasteiger partial charge in [-0.3, -0.25) is 9.59 Å². The second-order valence-corrected chi connectivity index (χ2v) is 9.60. The van der Waals surface area contributed by atoms with Crippen molar-refractivity contribution in [3.05, 3.63) is 56.8 Å². The van der Waals surface area contributed by atoms with E-state index in [-0.39, 0.29) is 24.0 Å². The van der Waals surface area contributed by atoms with Crippen molar-refractivity contribution >= 4 is 23.2 Å². The van der Waals surface area contributed by atoms with Gasteiger partial charge in [-0.25, -0.2) is 0 Å². The first-order valence-electron chi connectivity index (χ1n) is 10.9. The van der Waals surface area contributed by atoms with Crippen molar-refractivity contribution in [1.82, 2.24) is 10.2 Å². The minimum atomic E-state index is -0.00971. The Hall–Kier alpha value is -2.18. The Morgan fingerprint density at radius 2 is 1.77 bits per heavy atom. The Morgan fingerprint density at radius 1 is 1.07 bits per heavy atom. The number of nitrogens with zero attached hydrogens (tertiary/aromatic N) is 1. The molecule has 1 N–H and O–H groups in total. The SMILES string of the molecule is C[C@H]1CN(C(=O)c2ccc(CNC(=O)c3cc4c(s3)CCCCC4)cc2)C[C@H](C)O1. The molecule has 1 fully saturated rings. The monoisotopic (exact) mass is 426 g/mol. The summed E-state index contributed by atoms with van der Waals surface area (Å²) in [6.45, 7) is 5.68. The Bertz CT molecular complexity index is 872. The van der Waals surface area contributed by atoms with Crippen molar-refractivity contribution < 1.29 is 14.3 Å². The van der Waals surface area contributed by atoms with Gasteiger partial charge in [0.2, 0.25) is 0 Å². The molecule has 0 saturated carbocycles. The molecule has 5 nitrogen and oxygen atoms in total. The molecule has 6 heteroatoms. The van der Waals surface area contributed by atoms with E-state index < -0.39 is 0 Å². The summed E-state index contributed by atoms with van der Waals surface area (Å²) in [5, 5.41) is 3.02. The van der Waals surface area contributed by atoms with E-state index in [1.165, 1.54) is 29.7 Å². The molecule has 2 atom stereocenters. The summed E-state index contributed by atoms with van der Waals surface area (Å²) in [6, 6.07) is 9.62. The van der Waals surface area contributed by atoms with Crippen LogP contribution in [0.1, 0.15) is 69.1 Å². The molecule has 2 aromatic rings. The van der Waals surface area contributed by atoms with Crippen molar-refractivity contribution in [3.63, 3.8) is 0 Å². The Labute approximate surface area is 182 Å². The molecule has 1 aromatic heterocycles. The first-order valence-corrected chi connectivity index (χ1v) is 11.7. The normalized spacial score (nSPS) is 21.6. The van der Waals surface area contributed by atoms with Crippen LogP contribution in [0.4, 0.5) is 0 Å². The number of ether oxygens (including phenoxy) is 1. The van der Waals surface area contributed by atoms with E-state index in [2.05, 4.69) is 11.4 Å². The first kappa shape index (κ1) is 21.1. The minimum absolute atomic E-state index is 0.00971. The van der Waals surface area contributed by atoms with E-state index in [9.17, 15) is 9.59 Å². The zero-order valence-corrected chi connectivity index (χ0v) is 18.6. The second-order valence-electron chi connectivity index (χ2n) is 8.47. The molecule has 0 radical (unpaired) electrons. The van der Waals surface area contributed by atoms with Crippen LogP contribution < -0.4 is 5.32 Å². The van der Waals surface area contributed by atoms with Crippen molar-refractivity contribution in [2.75, 3.05) is 13.1 Å². The van der Waals surface area contributed by atoms with Crippen molar-refractivity contribution in [2.45, 2.75) is 64.7 Å². The maximum absolute atomic E-state index is 12.8. The molecule has 0 unspecified atom stereocenters. The van der Waals surface area contributed by atoms with Gasteiger partial charge in [0.25, 0.3) is 11.8 Å². The molecular formula is C24H30N2O3S. The predicted molar refractivity (Wildman–Crippen MR) is 119 cm³/mol. The van der Waals surface area contributed by atoms with Crippen LogP contribution >= 0.6 is 11.3 Å². The topological polar surface area (TPSA) is 58.6 Å². The first-order chi connectivity index (χ1) is 14.5. The van der Waals surface area contributed by atoms with Crippen LogP contribution in [0.3, 0.4) is 0 Å². The van der Waals surface area contributed by atoms with Gasteiger partial charge >= 0.3 is 0 Å². The molecule has 2 amide bonds. The molecule has 0 bridgehead atoms. The largest absolute Gasteiger partial charge is 0.372 e. The highest BCUT2D eigenvalue weighted by atomic mass is 32.1. The van der Waals surface area contributed by atoms with Crippen molar-refractivity contribution in [1.29, 1.82) is 0 Å². The van der Waals surface area contributed by atoms with Crippen LogP contribution in [-0.2, 0) is 24.1 Å². The Balaban J connectivity index is 1.33. The van der Waals surface area contributed by atoms with E-state index in [1.807, 2.05) is 43.0 Å². The van der Waals surface area contributed by atoms with Gasteiger partial charge in [0.15, 0.2) is 0 Å². The van der Waals surface area contributed by atoms with E-state index in [4.69, 9.17) is 4.74 Å². The van der Waals surface area contributed by atoms with Gasteiger partial charge < -0.3 is 15.0 Å². The second kappa shape index (κ2) is 9.31. The molecule has 1 saturated heterocycles. The molecule has 2 aliphatic rings. The lowest BCUT2D eigenvalue weighted by Gasteiger charge is -2.35. The third-order valence-corrected chi connectivity index (χ3v) is 7.07. The number of fused-ring (bicyclic) bond motifs is 1. The molecule has 2 heterocycles. The minimum Gasteiger partial charge on any atom is -0.372 e. The van der Waals surface area contributed by atoms with E-state index in [1.54, 1.807) is 11.3 Å². The van der Waals surface area contributed by atoms with Crippen LogP contribution in [0.5, 0.6) is 0 Å². The van der Waals surface area contributed by atoms with Gasteiger partial charge in [-0.2, -0.15) is 0 Å². The standard InChI is InChI=1S/C24H30N2O3S/c1-16-14-26(15-17(2)29-16)24(28)19-10-8-18(9-11-19)13-25-23(27)22-12-20-6-4-3-5-7-21(20)30-22/h8-12,16-17H,3-7,13-15H2,1-2H3,(H,25,27)/t16-,17-/m0/s1. The number of carbonyl (C=O) groups is 2. The number of hydrogen-bond donors (Lipinski definition) is 1. The van der Waals surface area contributed by atoms with Crippen molar-refractivity contribution in [3.8, 4) is 0 Å². The number of rotatable bonds is 4. The summed E-state index contributed by atoms with van der Waals surface area (Å²) in [7, 11) is 0. The number of morpholine rings is 1. The number of aryl methyl sites for hydroxylation is 2. The average molecular weight is 427 g/mol. The highest BCUT2D eigenvalue weighted by Gasteiger charge is 2.26. The lowest BCUT2D eigenvalue weighted by molar-refractivity contribution is -0.0586. The molecule has 30 heavy (non-hydrogen) atoms. The summed E-state index contributed by atoms with van der Waals surface area (Å²) < 4.78 is 5.71. The van der Waals surface area contributed by atoms with Gasteiger partial charge in [0.1, 0.15) is 0 Å². The summed E-state index contributed by atoms with van der Waals surface area (Å²) in [5.41, 5.74) is 3.02. The number of amides is 2. The molecule has 0 spiro atoms. The average Bonchev–Trinajstić information content (AvgIpc) is 3.02. The van der Waals surface area contributed by atoms with Crippen LogP contribution in [0.25, 0.3) is 0 Å². The zero-order valence-electron chi connectivity index (χ0n) is 17.8. The fourth-order valence-corrected chi connectivity index (χ4v) is 5.51. The van der Waals surface area contributed by atoms with E-state index >= 15 is 0 Å². The molecular weight excluding hydrogens is 396 g/mol. The van der Waals surface area contributed by atoms with Crippen molar-refractivity contribution in [2.24, 2.45) is 0 Å². The maximum Gasteiger partial charge on any atom is 0.261 e. The fraction of sp³-hybridized carbons (Fsp3) is 0.500. The van der Waals surface area contributed by atoms with Crippen LogP contribution in [0, 0.1) is 0 Å². The smallest absolute Gasteiger partial charge is 0.261 e. The molecule has 1 aliphatic carbocycles. The zero-order chi connectivity index (χ0) is 21.1.